The number of aliphatic imine (C=N–C) groups is 1. The molecule has 5 heteroatoms. The number of aryl methyl sites for hydroxylation is 1. The molecule has 0 spiro atoms. The Labute approximate surface area is 209 Å². The molecule has 1 atom stereocenters. The molecular formula is C31H24N4O. The van der Waals surface area contributed by atoms with Crippen molar-refractivity contribution in [2.24, 2.45) is 4.99 Å². The third-order valence-electron chi connectivity index (χ3n) is 6.10. The molecule has 1 N–H and O–H groups in total. The van der Waals surface area contributed by atoms with E-state index >= 15 is 0 Å². The van der Waals surface area contributed by atoms with Crippen molar-refractivity contribution < 1.29 is 4.74 Å². The predicted molar refractivity (Wildman–Crippen MR) is 145 cm³/mol. The maximum atomic E-state index is 6.24. The molecule has 2 aromatic heterocycles. The third-order valence-corrected chi connectivity index (χ3v) is 6.10. The van der Waals surface area contributed by atoms with Crippen molar-refractivity contribution in [1.29, 1.82) is 0 Å². The zero-order valence-corrected chi connectivity index (χ0v) is 19.8. The highest BCUT2D eigenvalue weighted by atomic mass is 16.5. The molecule has 0 saturated heterocycles. The second-order valence-corrected chi connectivity index (χ2v) is 8.72. The van der Waals surface area contributed by atoms with Crippen LogP contribution in [0.3, 0.4) is 0 Å². The maximum Gasteiger partial charge on any atom is 0.228 e. The molecule has 0 amide bonds. The highest BCUT2D eigenvalue weighted by Gasteiger charge is 2.17. The number of pyridine rings is 1. The summed E-state index contributed by atoms with van der Waals surface area (Å²) in [4.78, 5) is 18.1. The van der Waals surface area contributed by atoms with Gasteiger partial charge in [-0.15, -0.1) is 0 Å². The summed E-state index contributed by atoms with van der Waals surface area (Å²) in [7, 11) is 0. The fourth-order valence-electron chi connectivity index (χ4n) is 4.21. The number of hydrogen-bond acceptors (Lipinski definition) is 4. The number of nitrogens with one attached hydrogen (secondary N) is 1. The van der Waals surface area contributed by atoms with Gasteiger partial charge in [0.05, 0.1) is 22.1 Å². The first-order valence-electron chi connectivity index (χ1n) is 11.9. The van der Waals surface area contributed by atoms with E-state index in [2.05, 4.69) is 30.1 Å². The molecule has 0 aliphatic heterocycles. The van der Waals surface area contributed by atoms with E-state index in [1.54, 1.807) is 0 Å². The Morgan fingerprint density at radius 2 is 1.50 bits per heavy atom. The lowest BCUT2D eigenvalue weighted by Gasteiger charge is -2.12. The average molecular weight is 469 g/mol. The molecule has 174 valence electrons. The molecule has 0 aliphatic rings. The highest BCUT2D eigenvalue weighted by Crippen LogP contribution is 2.29. The Bertz CT molecular complexity index is 1640. The SMILES string of the molecule is Cc1ccc(Oc2nc3ccccc3cc2C=NC(c2ccccc2)c2nc3ccccc3[nH]2)cc1. The van der Waals surface area contributed by atoms with Crippen molar-refractivity contribution in [3.8, 4) is 11.6 Å². The number of hydrogen-bond donors (Lipinski definition) is 1. The summed E-state index contributed by atoms with van der Waals surface area (Å²) >= 11 is 0. The van der Waals surface area contributed by atoms with E-state index in [-0.39, 0.29) is 6.04 Å². The lowest BCUT2D eigenvalue weighted by molar-refractivity contribution is 0.464. The second kappa shape index (κ2) is 9.47. The Hall–Kier alpha value is -4.77. The van der Waals surface area contributed by atoms with Crippen LogP contribution in [0.5, 0.6) is 11.6 Å². The number of benzene rings is 4. The minimum absolute atomic E-state index is 0.308. The molecular weight excluding hydrogens is 444 g/mol. The normalized spacial score (nSPS) is 12.4. The third kappa shape index (κ3) is 4.46. The monoisotopic (exact) mass is 468 g/mol. The summed E-state index contributed by atoms with van der Waals surface area (Å²) in [5.74, 6) is 2.03. The zero-order chi connectivity index (χ0) is 24.3. The van der Waals surface area contributed by atoms with Crippen LogP contribution in [0.1, 0.15) is 28.6 Å². The molecule has 2 heterocycles. The average Bonchev–Trinajstić information content (AvgIpc) is 3.35. The number of H-pyrrole nitrogens is 1. The van der Waals surface area contributed by atoms with Crippen molar-refractivity contribution in [2.75, 3.05) is 0 Å². The van der Waals surface area contributed by atoms with E-state index < -0.39 is 0 Å². The number of para-hydroxylation sites is 3. The van der Waals surface area contributed by atoms with Crippen LogP contribution < -0.4 is 4.74 Å². The highest BCUT2D eigenvalue weighted by molar-refractivity contribution is 5.91. The molecule has 6 rings (SSSR count). The molecule has 0 radical (unpaired) electrons. The molecule has 4 aromatic carbocycles. The number of fused-ring (bicyclic) bond motifs is 2. The first kappa shape index (κ1) is 21.7. The molecule has 6 aromatic rings. The van der Waals surface area contributed by atoms with Gasteiger partial charge in [-0.2, -0.15) is 0 Å². The number of rotatable bonds is 6. The van der Waals surface area contributed by atoms with Gasteiger partial charge in [0.1, 0.15) is 17.6 Å². The van der Waals surface area contributed by atoms with Gasteiger partial charge < -0.3 is 9.72 Å². The Kier molecular flexibility index (Phi) is 5.72. The summed E-state index contributed by atoms with van der Waals surface area (Å²) in [5, 5.41) is 1.02. The van der Waals surface area contributed by atoms with Gasteiger partial charge in [0.2, 0.25) is 5.88 Å². The Morgan fingerprint density at radius 3 is 2.31 bits per heavy atom. The van der Waals surface area contributed by atoms with Crippen LogP contribution in [0.15, 0.2) is 114 Å². The quantitative estimate of drug-likeness (QED) is 0.259. The lowest BCUT2D eigenvalue weighted by atomic mass is 10.1. The summed E-state index contributed by atoms with van der Waals surface area (Å²) in [5.41, 5.74) is 5.79. The predicted octanol–water partition coefficient (Wildman–Crippen LogP) is 7.42. The van der Waals surface area contributed by atoms with E-state index in [1.807, 2.05) is 97.2 Å². The molecule has 1 unspecified atom stereocenters. The van der Waals surface area contributed by atoms with Gasteiger partial charge in [-0.1, -0.05) is 78.4 Å². The molecule has 0 aliphatic carbocycles. The largest absolute Gasteiger partial charge is 0.438 e. The first-order valence-corrected chi connectivity index (χ1v) is 11.9. The summed E-state index contributed by atoms with van der Waals surface area (Å²) in [6.45, 7) is 2.05. The molecule has 0 bridgehead atoms. The second-order valence-electron chi connectivity index (χ2n) is 8.72. The summed E-state index contributed by atoms with van der Waals surface area (Å²) < 4.78 is 6.24. The van der Waals surface area contributed by atoms with Crippen LogP contribution >= 0.6 is 0 Å². The van der Waals surface area contributed by atoms with Crippen molar-refractivity contribution in [2.45, 2.75) is 13.0 Å². The van der Waals surface area contributed by atoms with Gasteiger partial charge in [-0.25, -0.2) is 9.97 Å². The van der Waals surface area contributed by atoms with Crippen molar-refractivity contribution in [3.05, 3.63) is 132 Å². The molecule has 0 saturated carbocycles. The Morgan fingerprint density at radius 1 is 0.778 bits per heavy atom. The van der Waals surface area contributed by atoms with E-state index in [0.717, 1.165) is 44.6 Å². The number of imidazole rings is 1. The van der Waals surface area contributed by atoms with Gasteiger partial charge >= 0.3 is 0 Å². The standard InChI is InChI=1S/C31H24N4O/c1-21-15-17-25(18-16-21)36-31-24(19-23-11-5-6-12-26(23)35-31)20-32-29(22-9-3-2-4-10-22)30-33-27-13-7-8-14-28(27)34-30/h2-20,29H,1H3,(H,33,34). The maximum absolute atomic E-state index is 6.24. The number of nitrogens with zero attached hydrogens (tertiary/aromatic N) is 3. The first-order chi connectivity index (χ1) is 17.7. The van der Waals surface area contributed by atoms with Gasteiger partial charge in [0.15, 0.2) is 0 Å². The summed E-state index contributed by atoms with van der Waals surface area (Å²) in [6, 6.07) is 35.9. The smallest absolute Gasteiger partial charge is 0.228 e. The van der Waals surface area contributed by atoms with Crippen molar-refractivity contribution in [3.63, 3.8) is 0 Å². The molecule has 36 heavy (non-hydrogen) atoms. The molecule has 0 fully saturated rings. The van der Waals surface area contributed by atoms with Gasteiger partial charge in [0, 0.05) is 11.6 Å². The Balaban J connectivity index is 1.44. The van der Waals surface area contributed by atoms with Gasteiger partial charge in [-0.3, -0.25) is 4.99 Å². The van der Waals surface area contributed by atoms with E-state index in [9.17, 15) is 0 Å². The van der Waals surface area contributed by atoms with Crippen LogP contribution in [0.25, 0.3) is 21.9 Å². The van der Waals surface area contributed by atoms with Crippen LogP contribution in [0.2, 0.25) is 0 Å². The minimum atomic E-state index is -0.308. The van der Waals surface area contributed by atoms with Gasteiger partial charge in [-0.05, 0) is 48.9 Å². The van der Waals surface area contributed by atoms with Crippen molar-refractivity contribution in [1.82, 2.24) is 15.0 Å². The number of aromatic amines is 1. The fourth-order valence-corrected chi connectivity index (χ4v) is 4.21. The van der Waals surface area contributed by atoms with Crippen LogP contribution in [0, 0.1) is 6.92 Å². The molecule has 5 nitrogen and oxygen atoms in total. The van der Waals surface area contributed by atoms with Crippen LogP contribution in [0.4, 0.5) is 0 Å². The number of ether oxygens (including phenoxy) is 1. The fraction of sp³-hybridized carbons (Fsp3) is 0.0645. The summed E-state index contributed by atoms with van der Waals surface area (Å²) in [6.07, 6.45) is 1.84. The van der Waals surface area contributed by atoms with E-state index in [1.165, 1.54) is 5.56 Å². The topological polar surface area (TPSA) is 63.2 Å². The van der Waals surface area contributed by atoms with Crippen LogP contribution in [-0.2, 0) is 0 Å². The minimum Gasteiger partial charge on any atom is -0.438 e. The van der Waals surface area contributed by atoms with Crippen LogP contribution in [-0.4, -0.2) is 21.2 Å². The van der Waals surface area contributed by atoms with E-state index in [4.69, 9.17) is 19.7 Å². The van der Waals surface area contributed by atoms with E-state index in [0.29, 0.717) is 5.88 Å². The van der Waals surface area contributed by atoms with Gasteiger partial charge in [0.25, 0.3) is 0 Å². The zero-order valence-electron chi connectivity index (χ0n) is 19.8. The lowest BCUT2D eigenvalue weighted by Crippen LogP contribution is -2.02. The van der Waals surface area contributed by atoms with Crippen molar-refractivity contribution >= 4 is 28.2 Å². The number of aromatic nitrogens is 3.